The van der Waals surface area contributed by atoms with E-state index in [1.807, 2.05) is 55.5 Å². The minimum absolute atomic E-state index is 0.197. The lowest BCUT2D eigenvalue weighted by Crippen LogP contribution is -2.49. The van der Waals surface area contributed by atoms with Crippen molar-refractivity contribution in [2.24, 2.45) is 0 Å². The number of ether oxygens (including phenoxy) is 2. The van der Waals surface area contributed by atoms with Crippen molar-refractivity contribution in [1.29, 1.82) is 0 Å². The van der Waals surface area contributed by atoms with Crippen LogP contribution in [0.15, 0.2) is 48.5 Å². The summed E-state index contributed by atoms with van der Waals surface area (Å²) < 4.78 is 11.5. The third-order valence-electron chi connectivity index (χ3n) is 5.75. The molecule has 0 radical (unpaired) electrons. The predicted molar refractivity (Wildman–Crippen MR) is 127 cm³/mol. The van der Waals surface area contributed by atoms with Crippen molar-refractivity contribution in [3.8, 4) is 11.5 Å². The molecule has 2 aromatic rings. The largest absolute Gasteiger partial charge is 0.484 e. The fraction of sp³-hybridized carbons (Fsp3) is 0.462. The van der Waals surface area contributed by atoms with Gasteiger partial charge in [-0.05, 0) is 60.4 Å². The summed E-state index contributed by atoms with van der Waals surface area (Å²) >= 11 is 0. The molecule has 0 heterocycles. The second-order valence-electron chi connectivity index (χ2n) is 8.07. The maximum atomic E-state index is 12.5. The summed E-state index contributed by atoms with van der Waals surface area (Å²) in [5.41, 5.74) is 7.14. The van der Waals surface area contributed by atoms with Crippen LogP contribution in [0.2, 0.25) is 0 Å². The molecule has 6 heteroatoms. The molecule has 2 amide bonds. The van der Waals surface area contributed by atoms with Crippen molar-refractivity contribution in [3.63, 3.8) is 0 Å². The zero-order chi connectivity index (χ0) is 23.5. The summed E-state index contributed by atoms with van der Waals surface area (Å²) in [6.07, 6.45) is 1.79. The van der Waals surface area contributed by atoms with E-state index >= 15 is 0 Å². The van der Waals surface area contributed by atoms with Gasteiger partial charge in [-0.2, -0.15) is 0 Å². The summed E-state index contributed by atoms with van der Waals surface area (Å²) in [6.45, 7) is 10.2. The average Bonchev–Trinajstić information content (AvgIpc) is 2.84. The number of nitrogens with one attached hydrogen (secondary N) is 2. The van der Waals surface area contributed by atoms with Crippen LogP contribution in [-0.4, -0.2) is 24.5 Å². The van der Waals surface area contributed by atoms with Crippen LogP contribution in [0, 0.1) is 0 Å². The third-order valence-corrected chi connectivity index (χ3v) is 5.75. The van der Waals surface area contributed by atoms with E-state index in [9.17, 15) is 9.59 Å². The van der Waals surface area contributed by atoms with Crippen LogP contribution in [0.4, 0.5) is 0 Å². The highest BCUT2D eigenvalue weighted by atomic mass is 16.5. The first kappa shape index (κ1) is 25.2. The summed E-state index contributed by atoms with van der Waals surface area (Å²) in [5.74, 6) is 1.25. The Morgan fingerprint density at radius 2 is 1.50 bits per heavy atom. The first-order valence-electron chi connectivity index (χ1n) is 11.5. The monoisotopic (exact) mass is 440 g/mol. The maximum Gasteiger partial charge on any atom is 0.279 e. The van der Waals surface area contributed by atoms with E-state index in [1.54, 1.807) is 0 Å². The molecule has 174 valence electrons. The Balaban J connectivity index is 1.84. The van der Waals surface area contributed by atoms with Crippen molar-refractivity contribution in [1.82, 2.24) is 10.9 Å². The van der Waals surface area contributed by atoms with Crippen LogP contribution in [0.25, 0.3) is 0 Å². The quantitative estimate of drug-likeness (QED) is 0.477. The average molecular weight is 441 g/mol. The summed E-state index contributed by atoms with van der Waals surface area (Å²) in [6, 6.07) is 15.5. The van der Waals surface area contributed by atoms with Crippen LogP contribution in [0.5, 0.6) is 11.5 Å². The van der Waals surface area contributed by atoms with E-state index in [0.717, 1.165) is 18.4 Å². The first-order valence-corrected chi connectivity index (χ1v) is 11.5. The molecule has 0 bridgehead atoms. The van der Waals surface area contributed by atoms with Crippen LogP contribution in [0.1, 0.15) is 76.8 Å². The zero-order valence-corrected chi connectivity index (χ0v) is 19.8. The number of hydrogen-bond donors (Lipinski definition) is 2. The third kappa shape index (κ3) is 7.29. The van der Waals surface area contributed by atoms with Gasteiger partial charge in [0.1, 0.15) is 11.5 Å². The molecule has 3 unspecified atom stereocenters. The van der Waals surface area contributed by atoms with Gasteiger partial charge in [-0.25, -0.2) is 0 Å². The van der Waals surface area contributed by atoms with Crippen molar-refractivity contribution in [3.05, 3.63) is 59.7 Å². The Kier molecular flexibility index (Phi) is 10.1. The number of rotatable bonds is 11. The number of benzene rings is 2. The molecule has 0 aromatic heterocycles. The van der Waals surface area contributed by atoms with Crippen molar-refractivity contribution in [2.45, 2.75) is 71.8 Å². The van der Waals surface area contributed by atoms with Crippen LogP contribution in [-0.2, 0) is 9.59 Å². The number of carbonyl (C=O) groups excluding carboxylic acids is 2. The lowest BCUT2D eigenvalue weighted by atomic mass is 9.98. The second kappa shape index (κ2) is 12.7. The van der Waals surface area contributed by atoms with Crippen molar-refractivity contribution in [2.75, 3.05) is 6.61 Å². The first-order chi connectivity index (χ1) is 15.4. The number of carbonyl (C=O) groups is 2. The van der Waals surface area contributed by atoms with Gasteiger partial charge < -0.3 is 9.47 Å². The highest BCUT2D eigenvalue weighted by Crippen LogP contribution is 2.29. The lowest BCUT2D eigenvalue weighted by molar-refractivity contribution is -0.134. The molecule has 2 N–H and O–H groups in total. The van der Waals surface area contributed by atoms with Gasteiger partial charge in [0.25, 0.3) is 11.8 Å². The topological polar surface area (TPSA) is 76.7 Å². The van der Waals surface area contributed by atoms with Crippen molar-refractivity contribution >= 4 is 11.8 Å². The number of para-hydroxylation sites is 1. The van der Waals surface area contributed by atoms with E-state index in [1.165, 1.54) is 5.56 Å². The standard InChI is InChI=1S/C26H36N2O4/c1-6-18(4)20-13-15-21(16-14-20)31-17-25(29)27-28-26(30)23(8-3)32-24-12-10-9-11-22(24)19(5)7-2/h9-16,18-19,23H,6-8,17H2,1-5H3,(H,27,29)(H,28,30). The van der Waals surface area contributed by atoms with E-state index in [0.29, 0.717) is 29.8 Å². The highest BCUT2D eigenvalue weighted by Gasteiger charge is 2.21. The Labute approximate surface area is 191 Å². The van der Waals surface area contributed by atoms with Gasteiger partial charge >= 0.3 is 0 Å². The fourth-order valence-corrected chi connectivity index (χ4v) is 3.22. The fourth-order valence-electron chi connectivity index (χ4n) is 3.22. The molecule has 0 aliphatic heterocycles. The minimum Gasteiger partial charge on any atom is -0.484 e. The predicted octanol–water partition coefficient (Wildman–Crippen LogP) is 5.10. The molecule has 3 atom stereocenters. The van der Waals surface area contributed by atoms with Crippen LogP contribution >= 0.6 is 0 Å². The lowest BCUT2D eigenvalue weighted by Gasteiger charge is -2.21. The Morgan fingerprint density at radius 1 is 0.844 bits per heavy atom. The summed E-state index contributed by atoms with van der Waals surface area (Å²) in [7, 11) is 0. The molecule has 2 rings (SSSR count). The smallest absolute Gasteiger partial charge is 0.279 e. The molecule has 0 fully saturated rings. The SMILES string of the molecule is CCC(Oc1ccccc1C(C)CC)C(=O)NNC(=O)COc1ccc(C(C)CC)cc1. The van der Waals surface area contributed by atoms with E-state index in [2.05, 4.69) is 38.5 Å². The zero-order valence-electron chi connectivity index (χ0n) is 19.8. The number of amides is 2. The van der Waals surface area contributed by atoms with E-state index in [-0.39, 0.29) is 6.61 Å². The molecule has 2 aromatic carbocycles. The van der Waals surface area contributed by atoms with Crippen molar-refractivity contribution < 1.29 is 19.1 Å². The van der Waals surface area contributed by atoms with Gasteiger partial charge in [0.15, 0.2) is 12.7 Å². The Morgan fingerprint density at radius 3 is 2.12 bits per heavy atom. The van der Waals surface area contributed by atoms with E-state index in [4.69, 9.17) is 9.47 Å². The maximum absolute atomic E-state index is 12.5. The molecule has 6 nitrogen and oxygen atoms in total. The molecule has 0 aliphatic rings. The molecule has 0 aliphatic carbocycles. The van der Waals surface area contributed by atoms with Gasteiger partial charge in [-0.1, -0.05) is 65.0 Å². The van der Waals surface area contributed by atoms with Crippen LogP contribution in [0.3, 0.4) is 0 Å². The minimum atomic E-state index is -0.713. The molecule has 0 saturated carbocycles. The highest BCUT2D eigenvalue weighted by molar-refractivity contribution is 5.85. The Hall–Kier alpha value is -3.02. The number of hydrazine groups is 1. The Bertz CT molecular complexity index is 866. The second-order valence-corrected chi connectivity index (χ2v) is 8.07. The van der Waals surface area contributed by atoms with Gasteiger partial charge in [-0.15, -0.1) is 0 Å². The summed E-state index contributed by atoms with van der Waals surface area (Å²) in [5, 5.41) is 0. The van der Waals surface area contributed by atoms with Gasteiger partial charge in [0.05, 0.1) is 0 Å². The summed E-state index contributed by atoms with van der Waals surface area (Å²) in [4.78, 5) is 24.6. The van der Waals surface area contributed by atoms with Crippen LogP contribution < -0.4 is 20.3 Å². The normalized spacial score (nSPS) is 13.5. The molecule has 0 saturated heterocycles. The molecular formula is C26H36N2O4. The van der Waals surface area contributed by atoms with Gasteiger partial charge in [0, 0.05) is 0 Å². The number of hydrogen-bond acceptors (Lipinski definition) is 4. The molecule has 32 heavy (non-hydrogen) atoms. The van der Waals surface area contributed by atoms with E-state index < -0.39 is 17.9 Å². The van der Waals surface area contributed by atoms with Gasteiger partial charge in [0.2, 0.25) is 0 Å². The molecular weight excluding hydrogens is 404 g/mol. The molecule has 0 spiro atoms. The van der Waals surface area contributed by atoms with Gasteiger partial charge in [-0.3, -0.25) is 20.4 Å².